The van der Waals surface area contributed by atoms with E-state index in [1.165, 1.54) is 18.5 Å². The Morgan fingerprint density at radius 3 is 2.59 bits per heavy atom. The van der Waals surface area contributed by atoms with Crippen LogP contribution in [0.4, 0.5) is 5.69 Å². The van der Waals surface area contributed by atoms with E-state index in [2.05, 4.69) is 4.98 Å². The van der Waals surface area contributed by atoms with Crippen molar-refractivity contribution >= 4 is 17.5 Å². The number of rotatable bonds is 2. The van der Waals surface area contributed by atoms with E-state index in [4.69, 9.17) is 4.74 Å². The van der Waals surface area contributed by atoms with E-state index < -0.39 is 5.60 Å². The first-order valence-corrected chi connectivity index (χ1v) is 8.99. The highest BCUT2D eigenvalue weighted by Gasteiger charge is 2.43. The van der Waals surface area contributed by atoms with Crippen molar-refractivity contribution in [2.24, 2.45) is 0 Å². The van der Waals surface area contributed by atoms with Gasteiger partial charge in [-0.15, -0.1) is 0 Å². The lowest BCUT2D eigenvalue weighted by atomic mass is 9.88. The number of nitrogens with zero attached hydrogens (tertiary/aromatic N) is 3. The van der Waals surface area contributed by atoms with E-state index >= 15 is 0 Å². The number of carbonyl (C=O) groups excluding carboxylic acids is 2. The monoisotopic (exact) mass is 367 g/mol. The van der Waals surface area contributed by atoms with Crippen LogP contribution < -0.4 is 4.90 Å². The van der Waals surface area contributed by atoms with Gasteiger partial charge in [0.1, 0.15) is 12.4 Å². The molecule has 1 spiro atoms. The first-order valence-electron chi connectivity index (χ1n) is 8.99. The summed E-state index contributed by atoms with van der Waals surface area (Å²) >= 11 is 0. The molecule has 0 unspecified atom stereocenters. The quantitative estimate of drug-likeness (QED) is 0.876. The number of anilines is 1. The molecule has 1 N–H and O–H groups in total. The number of hydrogen-bond donors (Lipinski definition) is 1. The van der Waals surface area contributed by atoms with Crippen molar-refractivity contribution in [3.8, 4) is 5.75 Å². The molecule has 2 saturated heterocycles. The Balaban J connectivity index is 1.45. The third kappa shape index (κ3) is 3.50. The number of aromatic hydroxyl groups is 1. The van der Waals surface area contributed by atoms with Gasteiger partial charge < -0.3 is 19.6 Å². The minimum absolute atomic E-state index is 0.0260. The summed E-state index contributed by atoms with van der Waals surface area (Å²) in [7, 11) is 0. The summed E-state index contributed by atoms with van der Waals surface area (Å²) in [6.07, 6.45) is 4.07. The van der Waals surface area contributed by atoms with Crippen LogP contribution in [-0.4, -0.2) is 58.6 Å². The van der Waals surface area contributed by atoms with E-state index in [1.807, 2.05) is 30.3 Å². The molecule has 4 rings (SSSR count). The maximum atomic E-state index is 12.6. The molecule has 0 aliphatic carbocycles. The van der Waals surface area contributed by atoms with E-state index in [-0.39, 0.29) is 24.2 Å². The lowest BCUT2D eigenvalue weighted by molar-refractivity contribution is -0.143. The molecule has 3 heterocycles. The van der Waals surface area contributed by atoms with Gasteiger partial charge in [-0.2, -0.15) is 0 Å². The molecule has 2 fully saturated rings. The molecule has 0 atom stereocenters. The van der Waals surface area contributed by atoms with Crippen molar-refractivity contribution < 1.29 is 19.4 Å². The molecule has 2 aromatic rings. The van der Waals surface area contributed by atoms with Crippen LogP contribution in [0.25, 0.3) is 0 Å². The molecule has 140 valence electrons. The number of aromatic nitrogens is 1. The van der Waals surface area contributed by atoms with Crippen molar-refractivity contribution in [2.75, 3.05) is 31.1 Å². The van der Waals surface area contributed by atoms with E-state index in [9.17, 15) is 14.7 Å². The summed E-state index contributed by atoms with van der Waals surface area (Å²) in [4.78, 5) is 32.3. The van der Waals surface area contributed by atoms with Crippen molar-refractivity contribution in [3.05, 3.63) is 54.4 Å². The van der Waals surface area contributed by atoms with E-state index in [0.29, 0.717) is 38.0 Å². The highest BCUT2D eigenvalue weighted by atomic mass is 16.5. The molecule has 7 nitrogen and oxygen atoms in total. The van der Waals surface area contributed by atoms with Gasteiger partial charge in [0.25, 0.3) is 11.8 Å². The van der Waals surface area contributed by atoms with Crippen LogP contribution in [0.2, 0.25) is 0 Å². The second-order valence-electron chi connectivity index (χ2n) is 7.01. The molecule has 27 heavy (non-hydrogen) atoms. The minimum Gasteiger partial charge on any atom is -0.506 e. The number of piperidine rings is 1. The van der Waals surface area contributed by atoms with Crippen LogP contribution >= 0.6 is 0 Å². The maximum Gasteiger partial charge on any atom is 0.255 e. The van der Waals surface area contributed by atoms with Gasteiger partial charge in [-0.25, -0.2) is 0 Å². The summed E-state index contributed by atoms with van der Waals surface area (Å²) in [5.74, 6) is -0.224. The average molecular weight is 367 g/mol. The number of likely N-dealkylation sites (tertiary alicyclic amines) is 1. The summed E-state index contributed by atoms with van der Waals surface area (Å²) < 4.78 is 5.94. The third-order valence-corrected chi connectivity index (χ3v) is 5.25. The number of para-hydroxylation sites is 1. The SMILES string of the molecule is O=C(c1cncc(O)c1)N1CCC2(CC1)CN(c1ccccc1)C(=O)CO2. The van der Waals surface area contributed by atoms with Gasteiger partial charge in [0.05, 0.1) is 23.9 Å². The average Bonchev–Trinajstić information content (AvgIpc) is 2.71. The van der Waals surface area contributed by atoms with E-state index in [1.54, 1.807) is 9.80 Å². The van der Waals surface area contributed by atoms with Gasteiger partial charge in [-0.05, 0) is 31.0 Å². The molecule has 0 radical (unpaired) electrons. The second kappa shape index (κ2) is 7.00. The van der Waals surface area contributed by atoms with E-state index in [0.717, 1.165) is 5.69 Å². The van der Waals surface area contributed by atoms with Gasteiger partial charge in [-0.3, -0.25) is 14.6 Å². The van der Waals surface area contributed by atoms with Crippen LogP contribution in [0.3, 0.4) is 0 Å². The minimum atomic E-state index is -0.433. The Hall–Kier alpha value is -2.93. The number of benzene rings is 1. The molecular weight excluding hydrogens is 346 g/mol. The van der Waals surface area contributed by atoms with Gasteiger partial charge in [0.15, 0.2) is 0 Å². The zero-order valence-corrected chi connectivity index (χ0v) is 14.9. The fourth-order valence-corrected chi connectivity index (χ4v) is 3.71. The predicted molar refractivity (Wildman–Crippen MR) is 98.5 cm³/mol. The largest absolute Gasteiger partial charge is 0.506 e. The number of pyridine rings is 1. The molecule has 7 heteroatoms. The summed E-state index contributed by atoms with van der Waals surface area (Å²) in [5, 5.41) is 9.53. The fraction of sp³-hybridized carbons (Fsp3) is 0.350. The fourth-order valence-electron chi connectivity index (χ4n) is 3.71. The van der Waals surface area contributed by atoms with Crippen molar-refractivity contribution in [1.29, 1.82) is 0 Å². The van der Waals surface area contributed by atoms with Gasteiger partial charge in [0, 0.05) is 25.0 Å². The molecular formula is C20H21N3O4. The lowest BCUT2D eigenvalue weighted by Gasteiger charge is -2.47. The van der Waals surface area contributed by atoms with Crippen LogP contribution in [0.1, 0.15) is 23.2 Å². The Morgan fingerprint density at radius 2 is 1.89 bits per heavy atom. The van der Waals surface area contributed by atoms with Crippen LogP contribution in [0.15, 0.2) is 48.8 Å². The van der Waals surface area contributed by atoms with Gasteiger partial charge in [0.2, 0.25) is 0 Å². The lowest BCUT2D eigenvalue weighted by Crippen LogP contribution is -2.59. The van der Waals surface area contributed by atoms with Crippen LogP contribution in [-0.2, 0) is 9.53 Å². The van der Waals surface area contributed by atoms with Crippen LogP contribution in [0.5, 0.6) is 5.75 Å². The topological polar surface area (TPSA) is 83.0 Å². The Labute approximate surface area is 157 Å². The third-order valence-electron chi connectivity index (χ3n) is 5.25. The first kappa shape index (κ1) is 17.5. The Bertz CT molecular complexity index is 847. The molecule has 1 aromatic carbocycles. The maximum absolute atomic E-state index is 12.6. The summed E-state index contributed by atoms with van der Waals surface area (Å²) in [6, 6.07) is 11.0. The molecule has 0 saturated carbocycles. The molecule has 0 bridgehead atoms. The highest BCUT2D eigenvalue weighted by Crippen LogP contribution is 2.33. The number of ether oxygens (including phenoxy) is 1. The first-order chi connectivity index (χ1) is 13.1. The highest BCUT2D eigenvalue weighted by molar-refractivity contribution is 5.95. The normalized spacial score (nSPS) is 19.3. The second-order valence-corrected chi connectivity index (χ2v) is 7.01. The number of morpholine rings is 1. The molecule has 2 aliphatic heterocycles. The Morgan fingerprint density at radius 1 is 1.15 bits per heavy atom. The van der Waals surface area contributed by atoms with Gasteiger partial charge in [-0.1, -0.05) is 18.2 Å². The van der Waals surface area contributed by atoms with Gasteiger partial charge >= 0.3 is 0 Å². The molecule has 2 aliphatic rings. The molecule has 1 aromatic heterocycles. The summed E-state index contributed by atoms with van der Waals surface area (Å²) in [6.45, 7) is 1.61. The molecule has 2 amide bonds. The standard InChI is InChI=1S/C20H21N3O4/c24-17-10-15(11-21-12-17)19(26)22-8-6-20(7-9-22)14-23(18(25)13-27-20)16-4-2-1-3-5-16/h1-5,10-12,24H,6-9,13-14H2. The zero-order valence-electron chi connectivity index (χ0n) is 14.9. The number of amides is 2. The van der Waals surface area contributed by atoms with Crippen LogP contribution in [0, 0.1) is 0 Å². The van der Waals surface area contributed by atoms with Crippen molar-refractivity contribution in [3.63, 3.8) is 0 Å². The Kier molecular flexibility index (Phi) is 4.53. The predicted octanol–water partition coefficient (Wildman–Crippen LogP) is 1.83. The number of carbonyl (C=O) groups is 2. The zero-order chi connectivity index (χ0) is 18.9. The number of hydrogen-bond acceptors (Lipinski definition) is 5. The van der Waals surface area contributed by atoms with Crippen molar-refractivity contribution in [2.45, 2.75) is 18.4 Å². The van der Waals surface area contributed by atoms with Crippen molar-refractivity contribution in [1.82, 2.24) is 9.88 Å². The summed E-state index contributed by atoms with van der Waals surface area (Å²) in [5.41, 5.74) is 0.809. The smallest absolute Gasteiger partial charge is 0.255 e.